The zero-order chi connectivity index (χ0) is 12.5. The number of unbranched alkanes of at least 4 members (excludes halogenated alkanes) is 1. The minimum absolute atomic E-state index is 0.810. The Morgan fingerprint density at radius 3 is 2.41 bits per heavy atom. The van der Waals surface area contributed by atoms with Crippen LogP contribution in [0.2, 0.25) is 0 Å². The number of nitrogens with zero attached hydrogens (tertiary/aromatic N) is 1. The number of rotatable bonds is 8. The Morgan fingerprint density at radius 2 is 1.82 bits per heavy atom. The standard InChI is InChI=1S/C14H24N2S/c1-16(11-4-3-10-15)12-9-13-5-7-14(17-2)8-6-13/h5-8H,3-4,9-12,15H2,1-2H3. The van der Waals surface area contributed by atoms with Gasteiger partial charge in [-0.3, -0.25) is 0 Å². The highest BCUT2D eigenvalue weighted by Crippen LogP contribution is 2.15. The topological polar surface area (TPSA) is 29.3 Å². The van der Waals surface area contributed by atoms with Crippen molar-refractivity contribution in [1.82, 2.24) is 4.90 Å². The zero-order valence-corrected chi connectivity index (χ0v) is 11.8. The third-order valence-corrected chi connectivity index (χ3v) is 3.68. The number of likely N-dealkylation sites (N-methyl/N-ethyl adjacent to an activating group) is 1. The van der Waals surface area contributed by atoms with Gasteiger partial charge in [-0.1, -0.05) is 12.1 Å². The predicted octanol–water partition coefficient (Wildman–Crippen LogP) is 2.62. The first-order valence-corrected chi connectivity index (χ1v) is 7.50. The van der Waals surface area contributed by atoms with Gasteiger partial charge in [0.2, 0.25) is 0 Å². The molecule has 0 aliphatic carbocycles. The Morgan fingerprint density at radius 1 is 1.12 bits per heavy atom. The lowest BCUT2D eigenvalue weighted by molar-refractivity contribution is 0.331. The summed E-state index contributed by atoms with van der Waals surface area (Å²) in [5.41, 5.74) is 6.91. The van der Waals surface area contributed by atoms with Gasteiger partial charge in [0.1, 0.15) is 0 Å². The van der Waals surface area contributed by atoms with E-state index in [-0.39, 0.29) is 0 Å². The molecule has 0 saturated heterocycles. The number of nitrogens with two attached hydrogens (primary N) is 1. The zero-order valence-electron chi connectivity index (χ0n) is 11.0. The minimum atomic E-state index is 0.810. The molecule has 17 heavy (non-hydrogen) atoms. The van der Waals surface area contributed by atoms with Gasteiger partial charge in [-0.25, -0.2) is 0 Å². The molecular weight excluding hydrogens is 228 g/mol. The largest absolute Gasteiger partial charge is 0.330 e. The summed E-state index contributed by atoms with van der Waals surface area (Å²) in [5, 5.41) is 0. The van der Waals surface area contributed by atoms with Gasteiger partial charge in [0.15, 0.2) is 0 Å². The quantitative estimate of drug-likeness (QED) is 0.570. The van der Waals surface area contributed by atoms with Crippen molar-refractivity contribution in [2.45, 2.75) is 24.2 Å². The van der Waals surface area contributed by atoms with E-state index >= 15 is 0 Å². The van der Waals surface area contributed by atoms with E-state index in [1.165, 1.54) is 16.9 Å². The fourth-order valence-corrected chi connectivity index (χ4v) is 2.16. The normalized spacial score (nSPS) is 11.1. The van der Waals surface area contributed by atoms with Crippen LogP contribution in [0.5, 0.6) is 0 Å². The van der Waals surface area contributed by atoms with E-state index in [1.807, 2.05) is 0 Å². The maximum absolute atomic E-state index is 5.49. The lowest BCUT2D eigenvalue weighted by Crippen LogP contribution is -2.22. The van der Waals surface area contributed by atoms with Gasteiger partial charge in [-0.15, -0.1) is 11.8 Å². The van der Waals surface area contributed by atoms with Gasteiger partial charge in [-0.05, 0) is 63.4 Å². The molecule has 0 aromatic heterocycles. The van der Waals surface area contributed by atoms with Crippen molar-refractivity contribution in [3.05, 3.63) is 29.8 Å². The molecule has 96 valence electrons. The van der Waals surface area contributed by atoms with Gasteiger partial charge in [0, 0.05) is 11.4 Å². The second kappa shape index (κ2) is 8.56. The summed E-state index contributed by atoms with van der Waals surface area (Å²) in [6, 6.07) is 8.88. The summed E-state index contributed by atoms with van der Waals surface area (Å²) in [7, 11) is 2.19. The molecule has 0 spiro atoms. The van der Waals surface area contributed by atoms with E-state index in [0.29, 0.717) is 0 Å². The van der Waals surface area contributed by atoms with Gasteiger partial charge < -0.3 is 10.6 Å². The van der Waals surface area contributed by atoms with Gasteiger partial charge in [0.25, 0.3) is 0 Å². The molecule has 0 saturated carbocycles. The average molecular weight is 252 g/mol. The van der Waals surface area contributed by atoms with Crippen LogP contribution in [-0.2, 0) is 6.42 Å². The fraction of sp³-hybridized carbons (Fsp3) is 0.571. The SMILES string of the molecule is CSc1ccc(CCN(C)CCCCN)cc1. The van der Waals surface area contributed by atoms with Crippen LogP contribution in [0.25, 0.3) is 0 Å². The highest BCUT2D eigenvalue weighted by Gasteiger charge is 1.99. The lowest BCUT2D eigenvalue weighted by atomic mass is 10.1. The van der Waals surface area contributed by atoms with Crippen molar-refractivity contribution in [2.24, 2.45) is 5.73 Å². The van der Waals surface area contributed by atoms with Crippen LogP contribution in [0.15, 0.2) is 29.2 Å². The van der Waals surface area contributed by atoms with E-state index in [1.54, 1.807) is 11.8 Å². The second-order valence-electron chi connectivity index (χ2n) is 4.40. The van der Waals surface area contributed by atoms with E-state index in [4.69, 9.17) is 5.73 Å². The van der Waals surface area contributed by atoms with E-state index in [0.717, 1.165) is 32.5 Å². The fourth-order valence-electron chi connectivity index (χ4n) is 1.75. The summed E-state index contributed by atoms with van der Waals surface area (Å²) in [6.07, 6.45) is 5.58. The highest BCUT2D eigenvalue weighted by atomic mass is 32.2. The Balaban J connectivity index is 2.24. The van der Waals surface area contributed by atoms with Crippen molar-refractivity contribution < 1.29 is 0 Å². The molecule has 1 rings (SSSR count). The maximum atomic E-state index is 5.49. The molecule has 3 heteroatoms. The van der Waals surface area contributed by atoms with Crippen molar-refractivity contribution in [3.8, 4) is 0 Å². The summed E-state index contributed by atoms with van der Waals surface area (Å²) >= 11 is 1.79. The van der Waals surface area contributed by atoms with Crippen molar-refractivity contribution >= 4 is 11.8 Å². The van der Waals surface area contributed by atoms with Crippen LogP contribution in [0.1, 0.15) is 18.4 Å². The van der Waals surface area contributed by atoms with Crippen LogP contribution >= 0.6 is 11.8 Å². The predicted molar refractivity (Wildman–Crippen MR) is 77.7 cm³/mol. The number of hydrogen-bond donors (Lipinski definition) is 1. The molecule has 1 aromatic carbocycles. The van der Waals surface area contributed by atoms with Crippen LogP contribution in [0, 0.1) is 0 Å². The van der Waals surface area contributed by atoms with E-state index < -0.39 is 0 Å². The number of thioether (sulfide) groups is 1. The van der Waals surface area contributed by atoms with Crippen LogP contribution in [0.4, 0.5) is 0 Å². The second-order valence-corrected chi connectivity index (χ2v) is 5.28. The monoisotopic (exact) mass is 252 g/mol. The molecule has 0 atom stereocenters. The molecule has 0 amide bonds. The van der Waals surface area contributed by atoms with Crippen LogP contribution in [-0.4, -0.2) is 37.8 Å². The lowest BCUT2D eigenvalue weighted by Gasteiger charge is -2.16. The first kappa shape index (κ1) is 14.6. The van der Waals surface area contributed by atoms with Crippen LogP contribution in [0.3, 0.4) is 0 Å². The number of benzene rings is 1. The summed E-state index contributed by atoms with van der Waals surface area (Å²) in [4.78, 5) is 3.73. The molecule has 2 N–H and O–H groups in total. The smallest absolute Gasteiger partial charge is 0.00693 e. The molecular formula is C14H24N2S. The first-order valence-electron chi connectivity index (χ1n) is 6.28. The third-order valence-electron chi connectivity index (χ3n) is 2.94. The molecule has 0 aliphatic rings. The van der Waals surface area contributed by atoms with Crippen molar-refractivity contribution in [3.63, 3.8) is 0 Å². The van der Waals surface area contributed by atoms with Crippen molar-refractivity contribution in [2.75, 3.05) is 32.9 Å². The molecule has 0 aliphatic heterocycles. The average Bonchev–Trinajstić information content (AvgIpc) is 2.37. The Labute approximate surface area is 110 Å². The third kappa shape index (κ3) is 6.10. The Kier molecular flexibility index (Phi) is 7.33. The molecule has 1 aromatic rings. The molecule has 2 nitrogen and oxygen atoms in total. The Bertz CT molecular complexity index is 298. The molecule has 0 fully saturated rings. The molecule has 0 heterocycles. The Hall–Kier alpha value is -0.510. The van der Waals surface area contributed by atoms with Crippen molar-refractivity contribution in [1.29, 1.82) is 0 Å². The molecule has 0 unspecified atom stereocenters. The summed E-state index contributed by atoms with van der Waals surface area (Å²) in [5.74, 6) is 0. The summed E-state index contributed by atoms with van der Waals surface area (Å²) < 4.78 is 0. The van der Waals surface area contributed by atoms with E-state index in [2.05, 4.69) is 42.5 Å². The van der Waals surface area contributed by atoms with Gasteiger partial charge in [-0.2, -0.15) is 0 Å². The summed E-state index contributed by atoms with van der Waals surface area (Å²) in [6.45, 7) is 3.09. The first-order chi connectivity index (χ1) is 8.26. The minimum Gasteiger partial charge on any atom is -0.330 e. The highest BCUT2D eigenvalue weighted by molar-refractivity contribution is 7.98. The van der Waals surface area contributed by atoms with E-state index in [9.17, 15) is 0 Å². The van der Waals surface area contributed by atoms with Crippen LogP contribution < -0.4 is 5.73 Å². The molecule has 0 bridgehead atoms. The number of hydrogen-bond acceptors (Lipinski definition) is 3. The van der Waals surface area contributed by atoms with Gasteiger partial charge >= 0.3 is 0 Å². The van der Waals surface area contributed by atoms with Gasteiger partial charge in [0.05, 0.1) is 0 Å². The maximum Gasteiger partial charge on any atom is 0.00693 e. The molecule has 0 radical (unpaired) electrons.